The minimum absolute atomic E-state index is 0.268. The molecule has 1 aliphatic heterocycles. The van der Waals surface area contributed by atoms with Gasteiger partial charge in [-0.1, -0.05) is 23.2 Å². The summed E-state index contributed by atoms with van der Waals surface area (Å²) in [6.45, 7) is 2.43. The summed E-state index contributed by atoms with van der Waals surface area (Å²) < 4.78 is 4.89. The third kappa shape index (κ3) is 2.85. The van der Waals surface area contributed by atoms with E-state index >= 15 is 0 Å². The maximum atomic E-state index is 12.2. The van der Waals surface area contributed by atoms with Gasteiger partial charge >= 0.3 is 5.97 Å². The molecule has 4 nitrogen and oxygen atoms in total. The van der Waals surface area contributed by atoms with Crippen LogP contribution in [-0.4, -0.2) is 25.0 Å². The van der Waals surface area contributed by atoms with E-state index in [4.69, 9.17) is 27.9 Å². The van der Waals surface area contributed by atoms with Crippen molar-refractivity contribution in [3.05, 3.63) is 28.2 Å². The average Bonchev–Trinajstić information content (AvgIpc) is 2.72. The summed E-state index contributed by atoms with van der Waals surface area (Å²) in [6.07, 6.45) is 0.441. The van der Waals surface area contributed by atoms with Gasteiger partial charge in [0.25, 0.3) is 0 Å². The van der Waals surface area contributed by atoms with Gasteiger partial charge in [0.05, 0.1) is 17.3 Å². The average molecular weight is 302 g/mol. The molecule has 1 amide bonds. The minimum Gasteiger partial charge on any atom is -0.465 e. The van der Waals surface area contributed by atoms with Crippen molar-refractivity contribution in [2.45, 2.75) is 13.3 Å². The molecule has 0 saturated carbocycles. The summed E-state index contributed by atoms with van der Waals surface area (Å²) in [5.41, 5.74) is 0.572. The molecule has 102 valence electrons. The van der Waals surface area contributed by atoms with E-state index in [2.05, 4.69) is 0 Å². The van der Waals surface area contributed by atoms with Crippen molar-refractivity contribution in [3.8, 4) is 0 Å². The molecule has 19 heavy (non-hydrogen) atoms. The van der Waals surface area contributed by atoms with Crippen molar-refractivity contribution >= 4 is 40.8 Å². The predicted octanol–water partition coefficient (Wildman–Crippen LogP) is 2.91. The van der Waals surface area contributed by atoms with Crippen LogP contribution in [0.3, 0.4) is 0 Å². The number of esters is 1. The Kier molecular flexibility index (Phi) is 4.32. The first-order chi connectivity index (χ1) is 9.04. The summed E-state index contributed by atoms with van der Waals surface area (Å²) in [5, 5.41) is 0.896. The van der Waals surface area contributed by atoms with Crippen LogP contribution < -0.4 is 4.90 Å². The standard InChI is InChI=1S/C13H13Cl2NO3/c1-2-19-13(18)9-5-6-16(12(9)17)11-4-3-8(14)7-10(11)15/h3-4,7,9H,2,5-6H2,1H3. The monoisotopic (exact) mass is 301 g/mol. The molecule has 1 atom stereocenters. The molecule has 0 radical (unpaired) electrons. The number of ether oxygens (including phenoxy) is 1. The number of halogens is 2. The van der Waals surface area contributed by atoms with Gasteiger partial charge in [0.1, 0.15) is 5.92 Å². The van der Waals surface area contributed by atoms with Gasteiger partial charge in [0.2, 0.25) is 5.91 Å². The van der Waals surface area contributed by atoms with Crippen molar-refractivity contribution < 1.29 is 14.3 Å². The second kappa shape index (κ2) is 5.80. The second-order valence-electron chi connectivity index (χ2n) is 4.18. The number of hydrogen-bond donors (Lipinski definition) is 0. The fourth-order valence-corrected chi connectivity index (χ4v) is 2.59. The largest absolute Gasteiger partial charge is 0.465 e. The first kappa shape index (κ1) is 14.2. The van der Waals surface area contributed by atoms with E-state index in [-0.39, 0.29) is 12.5 Å². The highest BCUT2D eigenvalue weighted by Crippen LogP contribution is 2.33. The van der Waals surface area contributed by atoms with Gasteiger partial charge in [-0.25, -0.2) is 0 Å². The molecule has 0 bridgehead atoms. The molecule has 1 aromatic carbocycles. The molecule has 2 rings (SSSR count). The van der Waals surface area contributed by atoms with Crippen LogP contribution in [0.4, 0.5) is 5.69 Å². The van der Waals surface area contributed by atoms with Crippen molar-refractivity contribution in [2.75, 3.05) is 18.1 Å². The minimum atomic E-state index is -0.730. The molecule has 1 saturated heterocycles. The molecule has 1 heterocycles. The van der Waals surface area contributed by atoms with Gasteiger partial charge in [-0.15, -0.1) is 0 Å². The number of carbonyl (C=O) groups excluding carboxylic acids is 2. The van der Waals surface area contributed by atoms with Crippen LogP contribution >= 0.6 is 23.2 Å². The van der Waals surface area contributed by atoms with Crippen molar-refractivity contribution in [3.63, 3.8) is 0 Å². The van der Waals surface area contributed by atoms with Crippen molar-refractivity contribution in [1.29, 1.82) is 0 Å². The summed E-state index contributed by atoms with van der Waals surface area (Å²) in [5.74, 6) is -1.48. The molecular formula is C13H13Cl2NO3. The van der Waals surface area contributed by atoms with E-state index < -0.39 is 11.9 Å². The maximum absolute atomic E-state index is 12.2. The summed E-state index contributed by atoms with van der Waals surface area (Å²) >= 11 is 11.9. The van der Waals surface area contributed by atoms with Crippen LogP contribution in [0.1, 0.15) is 13.3 Å². The molecule has 6 heteroatoms. The fourth-order valence-electron chi connectivity index (χ4n) is 2.08. The first-order valence-electron chi connectivity index (χ1n) is 5.97. The van der Waals surface area contributed by atoms with Crippen molar-refractivity contribution in [2.24, 2.45) is 5.92 Å². The Morgan fingerprint density at radius 1 is 1.47 bits per heavy atom. The van der Waals surface area contributed by atoms with Gasteiger partial charge in [-0.3, -0.25) is 9.59 Å². The van der Waals surface area contributed by atoms with E-state index in [0.717, 1.165) is 0 Å². The molecule has 1 aromatic rings. The lowest BCUT2D eigenvalue weighted by Gasteiger charge is -2.18. The molecule has 1 unspecified atom stereocenters. The fraction of sp³-hybridized carbons (Fsp3) is 0.385. The van der Waals surface area contributed by atoms with Crippen LogP contribution in [0, 0.1) is 5.92 Å². The van der Waals surface area contributed by atoms with E-state index in [1.165, 1.54) is 4.90 Å². The predicted molar refractivity (Wildman–Crippen MR) is 73.6 cm³/mol. The van der Waals surface area contributed by atoms with Gasteiger partial charge < -0.3 is 9.64 Å². The van der Waals surface area contributed by atoms with Gasteiger partial charge in [0.15, 0.2) is 0 Å². The zero-order chi connectivity index (χ0) is 14.0. The number of anilines is 1. The van der Waals surface area contributed by atoms with Crippen molar-refractivity contribution in [1.82, 2.24) is 0 Å². The lowest BCUT2D eigenvalue weighted by atomic mass is 10.1. The van der Waals surface area contributed by atoms with Crippen LogP contribution in [-0.2, 0) is 14.3 Å². The van der Waals surface area contributed by atoms with E-state index in [1.807, 2.05) is 0 Å². The molecular weight excluding hydrogens is 289 g/mol. The summed E-state index contributed by atoms with van der Waals surface area (Å²) in [7, 11) is 0. The van der Waals surface area contributed by atoms with Gasteiger partial charge in [-0.05, 0) is 31.5 Å². The number of rotatable bonds is 3. The lowest BCUT2D eigenvalue weighted by Crippen LogP contribution is -2.31. The van der Waals surface area contributed by atoms with Gasteiger partial charge in [0, 0.05) is 11.6 Å². The van der Waals surface area contributed by atoms with E-state index in [1.54, 1.807) is 25.1 Å². The third-order valence-corrected chi connectivity index (χ3v) is 3.51. The van der Waals surface area contributed by atoms with E-state index in [0.29, 0.717) is 28.7 Å². The SMILES string of the molecule is CCOC(=O)C1CCN(c2ccc(Cl)cc2Cl)C1=O. The zero-order valence-electron chi connectivity index (χ0n) is 10.4. The Morgan fingerprint density at radius 2 is 2.21 bits per heavy atom. The van der Waals surface area contributed by atoms with Crippen LogP contribution in [0.25, 0.3) is 0 Å². The Balaban J connectivity index is 2.20. The normalized spacial score (nSPS) is 18.8. The molecule has 0 N–H and O–H groups in total. The number of amides is 1. The number of carbonyl (C=O) groups is 2. The summed E-state index contributed by atoms with van der Waals surface area (Å²) in [6, 6.07) is 4.91. The topological polar surface area (TPSA) is 46.6 Å². The number of nitrogens with zero attached hydrogens (tertiary/aromatic N) is 1. The van der Waals surface area contributed by atoms with E-state index in [9.17, 15) is 9.59 Å². The Labute approximate surface area is 121 Å². The van der Waals surface area contributed by atoms with Gasteiger partial charge in [-0.2, -0.15) is 0 Å². The molecule has 1 aliphatic rings. The quantitative estimate of drug-likeness (QED) is 0.637. The molecule has 1 fully saturated rings. The smallest absolute Gasteiger partial charge is 0.318 e. The second-order valence-corrected chi connectivity index (χ2v) is 5.02. The Bertz CT molecular complexity index is 519. The first-order valence-corrected chi connectivity index (χ1v) is 6.73. The highest BCUT2D eigenvalue weighted by atomic mass is 35.5. The molecule has 0 aromatic heterocycles. The maximum Gasteiger partial charge on any atom is 0.318 e. The number of benzene rings is 1. The molecule has 0 spiro atoms. The Morgan fingerprint density at radius 3 is 2.84 bits per heavy atom. The summed E-state index contributed by atoms with van der Waals surface area (Å²) in [4.78, 5) is 25.3. The third-order valence-electron chi connectivity index (χ3n) is 2.98. The highest BCUT2D eigenvalue weighted by Gasteiger charge is 2.39. The lowest BCUT2D eigenvalue weighted by molar-refractivity contribution is -0.150. The molecule has 0 aliphatic carbocycles. The van der Waals surface area contributed by atoms with Crippen LogP contribution in [0.15, 0.2) is 18.2 Å². The highest BCUT2D eigenvalue weighted by molar-refractivity contribution is 6.37. The zero-order valence-corrected chi connectivity index (χ0v) is 11.9. The van der Waals surface area contributed by atoms with Crippen LogP contribution in [0.5, 0.6) is 0 Å². The van der Waals surface area contributed by atoms with Crippen LogP contribution in [0.2, 0.25) is 10.0 Å². The Hall–Kier alpha value is -1.26. The number of hydrogen-bond acceptors (Lipinski definition) is 3.